The van der Waals surface area contributed by atoms with Crippen LogP contribution < -0.4 is 11.1 Å². The van der Waals surface area contributed by atoms with E-state index in [1.807, 2.05) is 0 Å². The van der Waals surface area contributed by atoms with Crippen LogP contribution in [0.4, 0.5) is 5.69 Å². The van der Waals surface area contributed by atoms with Crippen LogP contribution in [-0.2, 0) is 16.0 Å². The number of nitrogens with two attached hydrogens (primary N) is 1. The first-order chi connectivity index (χ1) is 19.2. The average molecular weight is 550 g/mol. The van der Waals surface area contributed by atoms with Gasteiger partial charge < -0.3 is 30.9 Å². The summed E-state index contributed by atoms with van der Waals surface area (Å²) in [5.41, 5.74) is 8.10. The van der Waals surface area contributed by atoms with Crippen molar-refractivity contribution in [2.75, 3.05) is 18.5 Å². The van der Waals surface area contributed by atoms with Crippen LogP contribution in [0.25, 0.3) is 11.1 Å². The summed E-state index contributed by atoms with van der Waals surface area (Å²) in [5, 5.41) is 36.3. The molecule has 11 heteroatoms. The molecule has 40 heavy (non-hydrogen) atoms. The van der Waals surface area contributed by atoms with E-state index in [-0.39, 0.29) is 48.2 Å². The number of benzene rings is 2. The second kappa shape index (κ2) is 12.7. The predicted octanol–water partition coefficient (Wildman–Crippen LogP) is 2.49. The largest absolute Gasteiger partial charge is 0.507 e. The zero-order chi connectivity index (χ0) is 28.8. The number of carbonyl (C=O) groups is 4. The number of carbonyl (C=O) groups excluding carboxylic acids is 4. The Kier molecular flexibility index (Phi) is 9.08. The van der Waals surface area contributed by atoms with E-state index in [9.17, 15) is 34.5 Å². The summed E-state index contributed by atoms with van der Waals surface area (Å²) in [6, 6.07) is 11.6. The molecule has 1 aliphatic rings. The van der Waals surface area contributed by atoms with Gasteiger partial charge in [0.1, 0.15) is 11.5 Å². The normalized spacial score (nSPS) is 16.1. The number of rotatable bonds is 12. The lowest BCUT2D eigenvalue weighted by atomic mass is 9.72. The third-order valence-electron chi connectivity index (χ3n) is 7.32. The maximum absolute atomic E-state index is 13.2. The highest BCUT2D eigenvalue weighted by Crippen LogP contribution is 2.41. The first-order valence-corrected chi connectivity index (χ1v) is 12.9. The van der Waals surface area contributed by atoms with Gasteiger partial charge in [-0.25, -0.2) is 0 Å². The number of hydrogen-bond acceptors (Lipinski definition) is 9. The van der Waals surface area contributed by atoms with E-state index >= 15 is 0 Å². The highest BCUT2D eigenvalue weighted by atomic mass is 16.5. The lowest BCUT2D eigenvalue weighted by Crippen LogP contribution is -2.33. The van der Waals surface area contributed by atoms with Crippen LogP contribution in [0.2, 0.25) is 0 Å². The number of phenols is 1. The summed E-state index contributed by atoms with van der Waals surface area (Å²) in [6.45, 7) is -0.729. The van der Waals surface area contributed by atoms with Gasteiger partial charge in [-0.1, -0.05) is 23.4 Å². The van der Waals surface area contributed by atoms with Crippen molar-refractivity contribution in [2.45, 2.75) is 32.1 Å². The number of fused-ring (bicyclic) bond motifs is 1. The van der Waals surface area contributed by atoms with E-state index in [2.05, 4.69) is 10.5 Å². The Morgan fingerprint density at radius 2 is 1.82 bits per heavy atom. The SMILES string of the molecule is NC(=O)CC(=O)C(CO)C(CCO)CC1CC(=O)c2c(O)ccc(-c3ccc(NC(=O)c4ccno4)cc3)c2C1. The summed E-state index contributed by atoms with van der Waals surface area (Å²) in [7, 11) is 0. The Bertz CT molecular complexity index is 1390. The first-order valence-electron chi connectivity index (χ1n) is 12.9. The van der Waals surface area contributed by atoms with Crippen molar-refractivity contribution in [1.82, 2.24) is 5.16 Å². The molecular weight excluding hydrogens is 518 g/mol. The summed E-state index contributed by atoms with van der Waals surface area (Å²) < 4.78 is 4.86. The lowest BCUT2D eigenvalue weighted by molar-refractivity contribution is -0.131. The molecule has 0 saturated carbocycles. The van der Waals surface area contributed by atoms with Gasteiger partial charge in [-0.05, 0) is 66.0 Å². The number of primary amides is 1. The highest BCUT2D eigenvalue weighted by Gasteiger charge is 2.35. The smallest absolute Gasteiger partial charge is 0.294 e. The first kappa shape index (κ1) is 28.7. The Hall–Kier alpha value is -4.35. The number of aromatic hydroxyl groups is 1. The van der Waals surface area contributed by atoms with Crippen LogP contribution in [0, 0.1) is 17.8 Å². The molecule has 4 rings (SSSR count). The Balaban J connectivity index is 1.58. The molecule has 0 bridgehead atoms. The molecule has 0 aliphatic heterocycles. The van der Waals surface area contributed by atoms with Gasteiger partial charge >= 0.3 is 0 Å². The predicted molar refractivity (Wildman–Crippen MR) is 143 cm³/mol. The van der Waals surface area contributed by atoms with Crippen molar-refractivity contribution in [3.63, 3.8) is 0 Å². The number of hydrogen-bond donors (Lipinski definition) is 5. The molecule has 1 aliphatic carbocycles. The van der Waals surface area contributed by atoms with Crippen molar-refractivity contribution in [3.05, 3.63) is 65.5 Å². The van der Waals surface area contributed by atoms with Gasteiger partial charge in [-0.3, -0.25) is 19.2 Å². The van der Waals surface area contributed by atoms with Gasteiger partial charge in [-0.2, -0.15) is 0 Å². The fourth-order valence-electron chi connectivity index (χ4n) is 5.47. The number of ketones is 2. The second-order valence-corrected chi connectivity index (χ2v) is 10.00. The number of nitrogens with one attached hydrogen (secondary N) is 1. The molecule has 0 fully saturated rings. The molecule has 2 amide bonds. The number of phenolic OH excluding ortho intramolecular Hbond substituents is 1. The molecule has 0 saturated heterocycles. The number of aliphatic hydroxyl groups is 2. The minimum atomic E-state index is -0.889. The third-order valence-corrected chi connectivity index (χ3v) is 7.32. The second-order valence-electron chi connectivity index (χ2n) is 10.00. The van der Waals surface area contributed by atoms with E-state index in [1.165, 1.54) is 18.3 Å². The number of aliphatic hydroxyl groups excluding tert-OH is 2. The van der Waals surface area contributed by atoms with Gasteiger partial charge in [0.25, 0.3) is 5.91 Å². The van der Waals surface area contributed by atoms with Crippen molar-refractivity contribution in [3.8, 4) is 16.9 Å². The topological polar surface area (TPSA) is 193 Å². The Morgan fingerprint density at radius 1 is 1.07 bits per heavy atom. The molecule has 0 spiro atoms. The highest BCUT2D eigenvalue weighted by molar-refractivity contribution is 6.04. The van der Waals surface area contributed by atoms with Crippen LogP contribution in [0.1, 0.15) is 52.2 Å². The standard InChI is InChI=1S/C29H31N3O8/c30-27(38)14-24(36)22(15-34)18(8-10-33)11-16-12-21-20(5-6-23(35)28(21)25(37)13-16)17-1-3-19(4-2-17)32-29(39)26-7-9-31-40-26/h1-7,9,16,18,22,33-35H,8,10-15H2,(H2,30,38)(H,32,39). The third kappa shape index (κ3) is 6.44. The van der Waals surface area contributed by atoms with Gasteiger partial charge in [0, 0.05) is 30.7 Å². The summed E-state index contributed by atoms with van der Waals surface area (Å²) >= 11 is 0. The van der Waals surface area contributed by atoms with Gasteiger partial charge in [0.15, 0.2) is 5.78 Å². The number of nitrogens with zero attached hydrogens (tertiary/aromatic N) is 1. The molecule has 3 atom stereocenters. The molecule has 1 aromatic heterocycles. The minimum absolute atomic E-state index is 0.0699. The molecule has 3 unspecified atom stereocenters. The molecule has 6 N–H and O–H groups in total. The van der Waals surface area contributed by atoms with Crippen molar-refractivity contribution in [2.24, 2.45) is 23.5 Å². The van der Waals surface area contributed by atoms with Crippen LogP contribution in [0.3, 0.4) is 0 Å². The number of Topliss-reactive ketones (excluding diaryl/α,β-unsaturated/α-hetero) is 2. The molecule has 1 heterocycles. The van der Waals surface area contributed by atoms with Gasteiger partial charge in [0.05, 0.1) is 24.8 Å². The molecule has 3 aromatic rings. The van der Waals surface area contributed by atoms with Gasteiger partial charge in [-0.15, -0.1) is 0 Å². The minimum Gasteiger partial charge on any atom is -0.507 e. The zero-order valence-electron chi connectivity index (χ0n) is 21.7. The fourth-order valence-corrected chi connectivity index (χ4v) is 5.47. The maximum atomic E-state index is 13.2. The van der Waals surface area contributed by atoms with Crippen molar-refractivity contribution >= 4 is 29.1 Å². The van der Waals surface area contributed by atoms with Crippen LogP contribution in [0.5, 0.6) is 5.75 Å². The Labute approximate surface area is 230 Å². The van der Waals surface area contributed by atoms with Crippen LogP contribution in [0.15, 0.2) is 53.2 Å². The number of aromatic nitrogens is 1. The molecular formula is C29H31N3O8. The summed E-state index contributed by atoms with van der Waals surface area (Å²) in [5.74, 6) is -3.61. The van der Waals surface area contributed by atoms with E-state index in [4.69, 9.17) is 10.3 Å². The fraction of sp³-hybridized carbons (Fsp3) is 0.345. The molecule has 0 radical (unpaired) electrons. The molecule has 210 valence electrons. The summed E-state index contributed by atoms with van der Waals surface area (Å²) in [4.78, 5) is 49.3. The molecule has 11 nitrogen and oxygen atoms in total. The van der Waals surface area contributed by atoms with E-state index in [0.717, 1.165) is 11.1 Å². The maximum Gasteiger partial charge on any atom is 0.294 e. The van der Waals surface area contributed by atoms with Crippen LogP contribution >= 0.6 is 0 Å². The number of anilines is 1. The van der Waals surface area contributed by atoms with Gasteiger partial charge in [0.2, 0.25) is 11.7 Å². The Morgan fingerprint density at radius 3 is 2.45 bits per heavy atom. The quantitative estimate of drug-likeness (QED) is 0.211. The molecule has 2 aromatic carbocycles. The zero-order valence-corrected chi connectivity index (χ0v) is 21.7. The van der Waals surface area contributed by atoms with Crippen molar-refractivity contribution < 1.29 is 39.0 Å². The number of amides is 2. The van der Waals surface area contributed by atoms with E-state index in [0.29, 0.717) is 24.1 Å². The average Bonchev–Trinajstić information content (AvgIpc) is 3.45. The lowest BCUT2D eigenvalue weighted by Gasteiger charge is -2.31. The van der Waals surface area contributed by atoms with E-state index in [1.54, 1.807) is 30.3 Å². The van der Waals surface area contributed by atoms with Crippen molar-refractivity contribution in [1.29, 1.82) is 0 Å². The van der Waals surface area contributed by atoms with Crippen LogP contribution in [-0.4, -0.2) is 57.1 Å². The summed E-state index contributed by atoms with van der Waals surface area (Å²) in [6.07, 6.45) is 1.96. The monoisotopic (exact) mass is 549 g/mol. The van der Waals surface area contributed by atoms with E-state index < -0.39 is 42.5 Å².